The number of nitrogens with one attached hydrogen (secondary N) is 2. The fourth-order valence-electron chi connectivity index (χ4n) is 2.18. The molecule has 2 N–H and O–H groups in total. The lowest BCUT2D eigenvalue weighted by atomic mass is 10.1. The Bertz CT molecular complexity index is 494. The Morgan fingerprint density at radius 2 is 2.06 bits per heavy atom. The highest BCUT2D eigenvalue weighted by Crippen LogP contribution is 2.21. The van der Waals surface area contributed by atoms with Crippen LogP contribution in [0.3, 0.4) is 0 Å². The van der Waals surface area contributed by atoms with Crippen LogP contribution in [-0.4, -0.2) is 28.3 Å². The van der Waals surface area contributed by atoms with Crippen LogP contribution >= 0.6 is 0 Å². The maximum absolute atomic E-state index is 4.59. The zero-order valence-corrected chi connectivity index (χ0v) is 9.90. The summed E-state index contributed by atoms with van der Waals surface area (Å²) in [7, 11) is 0. The summed E-state index contributed by atoms with van der Waals surface area (Å²) in [5.74, 6) is 2.29. The van der Waals surface area contributed by atoms with Crippen LogP contribution in [-0.2, 0) is 0 Å². The van der Waals surface area contributed by atoms with Gasteiger partial charge in [-0.15, -0.1) is 0 Å². The van der Waals surface area contributed by atoms with E-state index in [-0.39, 0.29) is 0 Å². The molecule has 4 heteroatoms. The fraction of sp³-hybridized carbons (Fsp3) is 0.385. The van der Waals surface area contributed by atoms with Crippen LogP contribution in [0.5, 0.6) is 0 Å². The average molecular weight is 228 g/mol. The molecule has 0 bridgehead atoms. The van der Waals surface area contributed by atoms with Gasteiger partial charge in [0.05, 0.1) is 0 Å². The number of H-pyrrole nitrogens is 1. The van der Waals surface area contributed by atoms with Crippen molar-refractivity contribution in [1.29, 1.82) is 0 Å². The normalized spacial score (nSPS) is 19.7. The molecule has 0 amide bonds. The first kappa shape index (κ1) is 10.5. The van der Waals surface area contributed by atoms with Gasteiger partial charge in [0.2, 0.25) is 0 Å². The summed E-state index contributed by atoms with van der Waals surface area (Å²) in [6.45, 7) is 4.16. The first-order valence-corrected chi connectivity index (χ1v) is 6.03. The molecule has 0 radical (unpaired) electrons. The van der Waals surface area contributed by atoms with Gasteiger partial charge in [0.1, 0.15) is 5.82 Å². The average Bonchev–Trinajstić information content (AvgIpc) is 3.00. The summed E-state index contributed by atoms with van der Waals surface area (Å²) in [5, 5.41) is 10.7. The molecular weight excluding hydrogens is 212 g/mol. The molecule has 1 aliphatic heterocycles. The van der Waals surface area contributed by atoms with Gasteiger partial charge >= 0.3 is 0 Å². The predicted molar refractivity (Wildman–Crippen MR) is 66.8 cm³/mol. The first-order valence-electron chi connectivity index (χ1n) is 6.03. The molecule has 1 fully saturated rings. The molecule has 0 saturated carbocycles. The van der Waals surface area contributed by atoms with Gasteiger partial charge in [0.25, 0.3) is 0 Å². The summed E-state index contributed by atoms with van der Waals surface area (Å²) in [5.41, 5.74) is 2.33. The van der Waals surface area contributed by atoms with Crippen molar-refractivity contribution in [1.82, 2.24) is 20.5 Å². The minimum absolute atomic E-state index is 0.488. The molecule has 1 unspecified atom stereocenters. The van der Waals surface area contributed by atoms with E-state index in [4.69, 9.17) is 0 Å². The number of hydrogen-bond donors (Lipinski definition) is 2. The number of nitrogens with zero attached hydrogens (tertiary/aromatic N) is 2. The van der Waals surface area contributed by atoms with E-state index < -0.39 is 0 Å². The predicted octanol–water partition coefficient (Wildman–Crippen LogP) is 1.86. The van der Waals surface area contributed by atoms with Crippen molar-refractivity contribution in [2.45, 2.75) is 19.3 Å². The lowest BCUT2D eigenvalue weighted by Gasteiger charge is -2.01. The minimum atomic E-state index is 0.488. The van der Waals surface area contributed by atoms with E-state index in [9.17, 15) is 0 Å². The van der Waals surface area contributed by atoms with Gasteiger partial charge in [-0.1, -0.05) is 29.8 Å². The Morgan fingerprint density at radius 1 is 1.24 bits per heavy atom. The number of rotatable bonds is 2. The summed E-state index contributed by atoms with van der Waals surface area (Å²) in [6, 6.07) is 8.30. The number of aromatic amines is 1. The topological polar surface area (TPSA) is 53.6 Å². The highest BCUT2D eigenvalue weighted by Gasteiger charge is 2.20. The van der Waals surface area contributed by atoms with Gasteiger partial charge in [-0.05, 0) is 19.9 Å². The van der Waals surface area contributed by atoms with Crippen molar-refractivity contribution < 1.29 is 0 Å². The van der Waals surface area contributed by atoms with Crippen LogP contribution in [0.25, 0.3) is 11.4 Å². The molecular formula is C13H16N4. The Kier molecular flexibility index (Phi) is 2.65. The molecule has 0 aliphatic carbocycles. The second kappa shape index (κ2) is 4.30. The second-order valence-corrected chi connectivity index (χ2v) is 4.60. The largest absolute Gasteiger partial charge is 0.316 e. The van der Waals surface area contributed by atoms with Gasteiger partial charge in [-0.2, -0.15) is 5.10 Å². The smallest absolute Gasteiger partial charge is 0.181 e. The minimum Gasteiger partial charge on any atom is -0.316 e. The monoisotopic (exact) mass is 228 g/mol. The molecule has 2 aromatic rings. The maximum atomic E-state index is 4.59. The highest BCUT2D eigenvalue weighted by molar-refractivity contribution is 5.54. The Balaban J connectivity index is 1.86. The van der Waals surface area contributed by atoms with E-state index in [0.717, 1.165) is 36.7 Å². The standard InChI is InChI=1S/C13H16N4/c1-9-2-4-10(5-3-9)12-15-13(17-16-12)11-6-7-14-8-11/h2-5,11,14H,6-8H2,1H3,(H,15,16,17). The van der Waals surface area contributed by atoms with Crippen LogP contribution in [0.15, 0.2) is 24.3 Å². The summed E-state index contributed by atoms with van der Waals surface area (Å²) < 4.78 is 0. The SMILES string of the molecule is Cc1ccc(-c2n[nH]c(C3CCNC3)n2)cc1. The maximum Gasteiger partial charge on any atom is 0.181 e. The van der Waals surface area contributed by atoms with Gasteiger partial charge < -0.3 is 5.32 Å². The highest BCUT2D eigenvalue weighted by atomic mass is 15.2. The van der Waals surface area contributed by atoms with E-state index in [1.165, 1.54) is 5.56 Å². The lowest BCUT2D eigenvalue weighted by molar-refractivity contribution is 0.706. The van der Waals surface area contributed by atoms with Gasteiger partial charge in [-0.25, -0.2) is 4.98 Å². The summed E-state index contributed by atoms with van der Waals surface area (Å²) in [4.78, 5) is 4.59. The third kappa shape index (κ3) is 2.08. The van der Waals surface area contributed by atoms with E-state index in [0.29, 0.717) is 5.92 Å². The van der Waals surface area contributed by atoms with E-state index in [1.54, 1.807) is 0 Å². The molecule has 0 spiro atoms. The van der Waals surface area contributed by atoms with E-state index in [2.05, 4.69) is 51.7 Å². The van der Waals surface area contributed by atoms with E-state index >= 15 is 0 Å². The zero-order valence-electron chi connectivity index (χ0n) is 9.90. The van der Waals surface area contributed by atoms with Crippen molar-refractivity contribution >= 4 is 0 Å². The summed E-state index contributed by atoms with van der Waals surface area (Å²) in [6.07, 6.45) is 1.14. The molecule has 17 heavy (non-hydrogen) atoms. The van der Waals surface area contributed by atoms with Crippen LogP contribution in [0.2, 0.25) is 0 Å². The van der Waals surface area contributed by atoms with Crippen molar-refractivity contribution in [3.63, 3.8) is 0 Å². The van der Waals surface area contributed by atoms with Gasteiger partial charge in [0.15, 0.2) is 5.82 Å². The number of hydrogen-bond acceptors (Lipinski definition) is 3. The number of benzene rings is 1. The second-order valence-electron chi connectivity index (χ2n) is 4.60. The molecule has 1 aromatic heterocycles. The lowest BCUT2D eigenvalue weighted by Crippen LogP contribution is -2.08. The zero-order chi connectivity index (χ0) is 11.7. The quantitative estimate of drug-likeness (QED) is 0.825. The third-order valence-corrected chi connectivity index (χ3v) is 3.26. The third-order valence-electron chi connectivity index (χ3n) is 3.26. The van der Waals surface area contributed by atoms with Crippen molar-refractivity contribution in [3.05, 3.63) is 35.7 Å². The van der Waals surface area contributed by atoms with Crippen LogP contribution in [0, 0.1) is 6.92 Å². The molecule has 1 atom stereocenters. The molecule has 3 rings (SSSR count). The fourth-order valence-corrected chi connectivity index (χ4v) is 2.18. The summed E-state index contributed by atoms with van der Waals surface area (Å²) >= 11 is 0. The molecule has 2 heterocycles. The van der Waals surface area contributed by atoms with Crippen LogP contribution < -0.4 is 5.32 Å². The number of aromatic nitrogens is 3. The molecule has 4 nitrogen and oxygen atoms in total. The Labute approximate surface area is 100 Å². The van der Waals surface area contributed by atoms with E-state index in [1.807, 2.05) is 0 Å². The van der Waals surface area contributed by atoms with Gasteiger partial charge in [0, 0.05) is 18.0 Å². The molecule has 1 saturated heterocycles. The molecule has 1 aliphatic rings. The van der Waals surface area contributed by atoms with Gasteiger partial charge in [-0.3, -0.25) is 5.10 Å². The van der Waals surface area contributed by atoms with Crippen molar-refractivity contribution in [2.75, 3.05) is 13.1 Å². The molecule has 88 valence electrons. The van der Waals surface area contributed by atoms with Crippen molar-refractivity contribution in [3.8, 4) is 11.4 Å². The molecule has 1 aromatic carbocycles. The Morgan fingerprint density at radius 3 is 2.76 bits per heavy atom. The number of aryl methyl sites for hydroxylation is 1. The van der Waals surface area contributed by atoms with Crippen molar-refractivity contribution in [2.24, 2.45) is 0 Å². The van der Waals surface area contributed by atoms with Crippen LogP contribution in [0.4, 0.5) is 0 Å². The first-order chi connectivity index (χ1) is 8.33. The van der Waals surface area contributed by atoms with Crippen LogP contribution in [0.1, 0.15) is 23.7 Å². The Hall–Kier alpha value is -1.68.